The van der Waals surface area contributed by atoms with Crippen molar-refractivity contribution < 1.29 is 36.6 Å². The van der Waals surface area contributed by atoms with Gasteiger partial charge in [-0.15, -0.1) is 0 Å². The number of likely N-dealkylation sites (tertiary alicyclic amines) is 1. The number of aliphatic hydroxyl groups excluding tert-OH is 1. The number of rotatable bonds is 11. The van der Waals surface area contributed by atoms with Gasteiger partial charge in [-0.25, -0.2) is 13.6 Å². The highest BCUT2D eigenvalue weighted by Crippen LogP contribution is 2.31. The van der Waals surface area contributed by atoms with Gasteiger partial charge >= 0.3 is 12.2 Å². The molecule has 0 bridgehead atoms. The van der Waals surface area contributed by atoms with Crippen LogP contribution < -0.4 is 20.9 Å². The fourth-order valence-corrected chi connectivity index (χ4v) is 5.57. The fraction of sp³-hybridized carbons (Fsp3) is 0.517. The Bertz CT molecular complexity index is 1310. The summed E-state index contributed by atoms with van der Waals surface area (Å²) in [5.74, 6) is -3.55. The number of urea groups is 1. The number of carbonyl (C=O) groups is 2. The zero-order chi connectivity index (χ0) is 31.9. The van der Waals surface area contributed by atoms with Gasteiger partial charge < -0.3 is 26.0 Å². The molecule has 0 aliphatic carbocycles. The number of nitrogens with zero attached hydrogens (tertiary/aromatic N) is 3. The third-order valence-corrected chi connectivity index (χ3v) is 8.11. The van der Waals surface area contributed by atoms with Crippen LogP contribution in [-0.2, 0) is 6.54 Å². The van der Waals surface area contributed by atoms with Crippen molar-refractivity contribution in [3.05, 3.63) is 58.1 Å². The number of alkyl halides is 3. The number of aliphatic hydroxyl groups is 1. The molecule has 0 spiro atoms. The minimum atomic E-state index is -4.24. The first-order valence-corrected chi connectivity index (χ1v) is 14.8. The van der Waals surface area contributed by atoms with Crippen LogP contribution in [0.4, 0.5) is 38.1 Å². The lowest BCUT2D eigenvalue weighted by atomic mass is 10.1. The Labute approximate surface area is 257 Å². The summed E-state index contributed by atoms with van der Waals surface area (Å²) in [5, 5.41) is 17.5. The van der Waals surface area contributed by atoms with Gasteiger partial charge in [0, 0.05) is 69.0 Å². The molecule has 2 aliphatic rings. The van der Waals surface area contributed by atoms with Gasteiger partial charge in [0.25, 0.3) is 5.91 Å². The smallest absolute Gasteiger partial charge is 0.390 e. The molecule has 0 saturated carbocycles. The molecule has 44 heavy (non-hydrogen) atoms. The maximum atomic E-state index is 15.0. The van der Waals surface area contributed by atoms with Crippen molar-refractivity contribution in [2.24, 2.45) is 0 Å². The lowest BCUT2D eigenvalue weighted by Crippen LogP contribution is -2.47. The number of carbonyl (C=O) groups excluding carboxylic acids is 2. The number of anilines is 2. The number of benzene rings is 2. The van der Waals surface area contributed by atoms with E-state index in [0.717, 1.165) is 25.5 Å². The monoisotopic (exact) mass is 646 g/mol. The Balaban J connectivity index is 1.32. The molecule has 4 rings (SSSR count). The van der Waals surface area contributed by atoms with Gasteiger partial charge in [-0.1, -0.05) is 17.7 Å². The van der Waals surface area contributed by atoms with Crippen molar-refractivity contribution in [2.75, 3.05) is 69.2 Å². The van der Waals surface area contributed by atoms with Crippen LogP contribution >= 0.6 is 11.6 Å². The molecule has 9 nitrogen and oxygen atoms in total. The number of amides is 3. The Morgan fingerprint density at radius 3 is 2.43 bits per heavy atom. The van der Waals surface area contributed by atoms with E-state index in [4.69, 9.17) is 11.6 Å². The summed E-state index contributed by atoms with van der Waals surface area (Å²) in [6.45, 7) is 2.83. The van der Waals surface area contributed by atoms with Crippen molar-refractivity contribution in [3.63, 3.8) is 0 Å². The average molecular weight is 647 g/mol. The Hall–Kier alpha value is -3.20. The Morgan fingerprint density at radius 2 is 1.73 bits per heavy atom. The second-order valence-corrected chi connectivity index (χ2v) is 11.3. The zero-order valence-electron chi connectivity index (χ0n) is 24.0. The molecule has 0 unspecified atom stereocenters. The van der Waals surface area contributed by atoms with Crippen LogP contribution in [0.25, 0.3) is 0 Å². The van der Waals surface area contributed by atoms with Crippen LogP contribution in [0.2, 0.25) is 5.02 Å². The standard InChI is InChI=1S/C29H36ClF5N6O3/c30-20-4-6-23(24(16-20)41-14-12-39(13-15-41)10-7-29(33,34)35)38-27(43)22-5-3-19(25(31)26(22)32)17-37-28(44)36-8-11-40-9-1-2-21(40)18-42/h3-6,16,21,42H,1-2,7-15,17-18H2,(H,38,43)(H2,36,37,44)/t21-/m1/s1. The minimum Gasteiger partial charge on any atom is -0.395 e. The molecule has 242 valence electrons. The summed E-state index contributed by atoms with van der Waals surface area (Å²) in [7, 11) is 0. The molecule has 0 radical (unpaired) electrons. The Morgan fingerprint density at radius 1 is 0.977 bits per heavy atom. The number of halogens is 6. The fourth-order valence-electron chi connectivity index (χ4n) is 5.41. The first-order valence-electron chi connectivity index (χ1n) is 14.4. The molecular formula is C29H36ClF5N6O3. The molecule has 2 aliphatic heterocycles. The summed E-state index contributed by atoms with van der Waals surface area (Å²) in [4.78, 5) is 30.8. The van der Waals surface area contributed by atoms with Crippen LogP contribution in [0.1, 0.15) is 35.2 Å². The van der Waals surface area contributed by atoms with Gasteiger partial charge in [-0.05, 0) is 43.7 Å². The van der Waals surface area contributed by atoms with E-state index in [2.05, 4.69) is 20.9 Å². The van der Waals surface area contributed by atoms with Crippen molar-refractivity contribution in [3.8, 4) is 0 Å². The van der Waals surface area contributed by atoms with Gasteiger partial charge in [-0.3, -0.25) is 14.6 Å². The molecular weight excluding hydrogens is 611 g/mol. The van der Waals surface area contributed by atoms with Crippen LogP contribution in [0.5, 0.6) is 0 Å². The van der Waals surface area contributed by atoms with Crippen molar-refractivity contribution in [1.82, 2.24) is 20.4 Å². The third kappa shape index (κ3) is 9.16. The molecule has 4 N–H and O–H groups in total. The number of piperazine rings is 1. The number of hydrogen-bond acceptors (Lipinski definition) is 6. The molecule has 2 aromatic carbocycles. The van der Waals surface area contributed by atoms with Gasteiger partial charge in [-0.2, -0.15) is 13.2 Å². The quantitative estimate of drug-likeness (QED) is 0.273. The maximum absolute atomic E-state index is 15.0. The maximum Gasteiger partial charge on any atom is 0.390 e. The molecule has 0 aromatic heterocycles. The normalized spacial score (nSPS) is 18.0. The van der Waals surface area contributed by atoms with E-state index >= 15 is 0 Å². The highest BCUT2D eigenvalue weighted by Gasteiger charge is 2.29. The van der Waals surface area contributed by atoms with Crippen molar-refractivity contribution in [1.29, 1.82) is 0 Å². The summed E-state index contributed by atoms with van der Waals surface area (Å²) >= 11 is 6.17. The second-order valence-electron chi connectivity index (χ2n) is 10.8. The van der Waals surface area contributed by atoms with Gasteiger partial charge in [0.2, 0.25) is 0 Å². The van der Waals surface area contributed by atoms with E-state index in [1.54, 1.807) is 11.0 Å². The van der Waals surface area contributed by atoms with Crippen LogP contribution in [0, 0.1) is 11.6 Å². The highest BCUT2D eigenvalue weighted by molar-refractivity contribution is 6.31. The molecule has 3 amide bonds. The largest absolute Gasteiger partial charge is 0.395 e. The first kappa shape index (κ1) is 33.7. The van der Waals surface area contributed by atoms with E-state index in [-0.39, 0.29) is 37.0 Å². The zero-order valence-corrected chi connectivity index (χ0v) is 24.8. The molecule has 2 aromatic rings. The average Bonchev–Trinajstić information content (AvgIpc) is 3.45. The summed E-state index contributed by atoms with van der Waals surface area (Å²) in [6, 6.07) is 6.48. The number of hydrogen-bond donors (Lipinski definition) is 4. The molecule has 2 saturated heterocycles. The lowest BCUT2D eigenvalue weighted by molar-refractivity contribution is -0.138. The van der Waals surface area contributed by atoms with E-state index in [9.17, 15) is 36.6 Å². The van der Waals surface area contributed by atoms with E-state index in [1.807, 2.05) is 4.90 Å². The molecule has 2 fully saturated rings. The SMILES string of the molecule is O=C(NCCN1CCC[C@@H]1CO)NCc1ccc(C(=O)Nc2ccc(Cl)cc2N2CCN(CCC(F)(F)F)CC2)c(F)c1F. The van der Waals surface area contributed by atoms with Gasteiger partial charge in [0.1, 0.15) is 0 Å². The van der Waals surface area contributed by atoms with E-state index in [0.29, 0.717) is 50.0 Å². The lowest BCUT2D eigenvalue weighted by Gasteiger charge is -2.37. The Kier molecular flexibility index (Phi) is 11.6. The summed E-state index contributed by atoms with van der Waals surface area (Å²) in [5.41, 5.74) is 0.0949. The van der Waals surface area contributed by atoms with Gasteiger partial charge in [0.05, 0.1) is 30.0 Å². The van der Waals surface area contributed by atoms with Crippen molar-refractivity contribution in [2.45, 2.75) is 38.0 Å². The van der Waals surface area contributed by atoms with Gasteiger partial charge in [0.15, 0.2) is 11.6 Å². The van der Waals surface area contributed by atoms with Crippen LogP contribution in [0.3, 0.4) is 0 Å². The highest BCUT2D eigenvalue weighted by atomic mass is 35.5. The molecule has 2 heterocycles. The molecule has 1 atom stereocenters. The predicted octanol–water partition coefficient (Wildman–Crippen LogP) is 4.20. The second kappa shape index (κ2) is 15.2. The van der Waals surface area contributed by atoms with Crippen molar-refractivity contribution >= 4 is 34.9 Å². The van der Waals surface area contributed by atoms with Crippen LogP contribution in [-0.4, -0.2) is 98.0 Å². The minimum absolute atomic E-state index is 0.0558. The summed E-state index contributed by atoms with van der Waals surface area (Å²) < 4.78 is 67.7. The van der Waals surface area contributed by atoms with Crippen LogP contribution in [0.15, 0.2) is 30.3 Å². The third-order valence-electron chi connectivity index (χ3n) is 7.87. The first-order chi connectivity index (χ1) is 20.9. The number of nitrogens with one attached hydrogen (secondary N) is 3. The topological polar surface area (TPSA) is 100 Å². The molecule has 15 heteroatoms. The van der Waals surface area contributed by atoms with E-state index in [1.165, 1.54) is 18.2 Å². The summed E-state index contributed by atoms with van der Waals surface area (Å²) in [6.07, 6.45) is -3.26. The predicted molar refractivity (Wildman–Crippen MR) is 157 cm³/mol. The van der Waals surface area contributed by atoms with E-state index < -0.39 is 41.7 Å².